The van der Waals surface area contributed by atoms with Crippen molar-refractivity contribution in [2.24, 2.45) is 0 Å². The van der Waals surface area contributed by atoms with Crippen LogP contribution in [0, 0.1) is 0 Å². The number of nitrogens with zero attached hydrogens (tertiary/aromatic N) is 3. The summed E-state index contributed by atoms with van der Waals surface area (Å²) in [5.41, 5.74) is 8.78. The first-order valence-electron chi connectivity index (χ1n) is 11.7. The first-order chi connectivity index (χ1) is 17.4. The molecule has 5 aromatic carbocycles. The molecule has 1 heterocycles. The quantitative estimate of drug-likeness (QED) is 0.264. The van der Waals surface area contributed by atoms with E-state index in [0.29, 0.717) is 0 Å². The third kappa shape index (κ3) is 4.04. The monoisotopic (exact) mass is 449 g/mol. The van der Waals surface area contributed by atoms with Crippen LogP contribution >= 0.6 is 0 Å². The fourth-order valence-electron chi connectivity index (χ4n) is 4.44. The summed E-state index contributed by atoms with van der Waals surface area (Å²) in [7, 11) is 0. The number of rotatable bonds is 5. The summed E-state index contributed by atoms with van der Waals surface area (Å²) in [6.45, 7) is 0. The molecular formula is C32H23N3. The maximum Gasteiger partial charge on any atom is 0.0994 e. The second-order valence-electron chi connectivity index (χ2n) is 8.30. The van der Waals surface area contributed by atoms with Crippen LogP contribution in [0.1, 0.15) is 0 Å². The van der Waals surface area contributed by atoms with Gasteiger partial charge in [0.15, 0.2) is 0 Å². The molecule has 0 amide bonds. The van der Waals surface area contributed by atoms with Crippen LogP contribution in [0.3, 0.4) is 0 Å². The molecule has 0 aliphatic rings. The van der Waals surface area contributed by atoms with Crippen molar-refractivity contribution in [3.8, 4) is 22.5 Å². The van der Waals surface area contributed by atoms with E-state index in [4.69, 9.17) is 9.97 Å². The zero-order valence-corrected chi connectivity index (χ0v) is 19.1. The Morgan fingerprint density at radius 1 is 0.400 bits per heavy atom. The van der Waals surface area contributed by atoms with Gasteiger partial charge in [-0.3, -0.25) is 0 Å². The van der Waals surface area contributed by atoms with Crippen molar-refractivity contribution in [3.63, 3.8) is 0 Å². The fraction of sp³-hybridized carbons (Fsp3) is 0. The molecule has 35 heavy (non-hydrogen) atoms. The Labute approximate surface area is 205 Å². The molecule has 166 valence electrons. The molecular weight excluding hydrogens is 426 g/mol. The highest BCUT2D eigenvalue weighted by atomic mass is 15.1. The third-order valence-electron chi connectivity index (χ3n) is 6.05. The molecule has 3 nitrogen and oxygen atoms in total. The van der Waals surface area contributed by atoms with Gasteiger partial charge >= 0.3 is 0 Å². The van der Waals surface area contributed by atoms with Gasteiger partial charge in [0.25, 0.3) is 0 Å². The van der Waals surface area contributed by atoms with Crippen molar-refractivity contribution in [2.45, 2.75) is 0 Å². The summed E-state index contributed by atoms with van der Waals surface area (Å²) in [4.78, 5) is 12.5. The maximum atomic E-state index is 5.16. The molecule has 0 fully saturated rings. The third-order valence-corrected chi connectivity index (χ3v) is 6.05. The Balaban J connectivity index is 1.64. The van der Waals surface area contributed by atoms with Crippen LogP contribution in [0.5, 0.6) is 0 Å². The molecule has 6 rings (SSSR count). The number of hydrogen-bond donors (Lipinski definition) is 0. The molecule has 0 N–H and O–H groups in total. The summed E-state index contributed by atoms with van der Waals surface area (Å²) in [6, 6.07) is 47.7. The van der Waals surface area contributed by atoms with Crippen LogP contribution in [0.4, 0.5) is 17.1 Å². The molecule has 0 radical (unpaired) electrons. The number of benzene rings is 5. The van der Waals surface area contributed by atoms with Gasteiger partial charge in [0, 0.05) is 22.5 Å². The molecule has 1 aromatic heterocycles. The molecule has 0 bridgehead atoms. The van der Waals surface area contributed by atoms with Gasteiger partial charge in [-0.05, 0) is 42.5 Å². The van der Waals surface area contributed by atoms with Crippen LogP contribution in [0.15, 0.2) is 140 Å². The summed E-state index contributed by atoms with van der Waals surface area (Å²) >= 11 is 0. The van der Waals surface area contributed by atoms with Gasteiger partial charge in [0.1, 0.15) is 0 Å². The van der Waals surface area contributed by atoms with E-state index >= 15 is 0 Å². The molecule has 3 heteroatoms. The molecule has 0 aliphatic carbocycles. The predicted molar refractivity (Wildman–Crippen MR) is 145 cm³/mol. The molecule has 0 unspecified atom stereocenters. The molecule has 0 spiro atoms. The highest BCUT2D eigenvalue weighted by Gasteiger charge is 2.21. The summed E-state index contributed by atoms with van der Waals surface area (Å²) in [5, 5.41) is 0. The van der Waals surface area contributed by atoms with E-state index in [9.17, 15) is 0 Å². The van der Waals surface area contributed by atoms with Gasteiger partial charge in [0.2, 0.25) is 0 Å². The molecule has 6 aromatic rings. The van der Waals surface area contributed by atoms with E-state index in [1.807, 2.05) is 54.6 Å². The van der Waals surface area contributed by atoms with E-state index in [1.54, 1.807) is 0 Å². The highest BCUT2D eigenvalue weighted by Crippen LogP contribution is 2.42. The van der Waals surface area contributed by atoms with E-state index < -0.39 is 0 Å². The Hall–Kier alpha value is -4.76. The zero-order chi connectivity index (χ0) is 23.5. The first kappa shape index (κ1) is 20.8. The van der Waals surface area contributed by atoms with Gasteiger partial charge in [-0.2, -0.15) is 0 Å². The van der Waals surface area contributed by atoms with Gasteiger partial charge in [0.05, 0.1) is 28.1 Å². The average molecular weight is 450 g/mol. The largest absolute Gasteiger partial charge is 0.310 e. The average Bonchev–Trinajstić information content (AvgIpc) is 2.94. The minimum atomic E-state index is 0.863. The van der Waals surface area contributed by atoms with Gasteiger partial charge in [-0.1, -0.05) is 97.1 Å². The summed E-state index contributed by atoms with van der Waals surface area (Å²) < 4.78 is 0. The van der Waals surface area contributed by atoms with E-state index in [0.717, 1.165) is 50.6 Å². The first-order valence-corrected chi connectivity index (χ1v) is 11.7. The number of aromatic nitrogens is 2. The van der Waals surface area contributed by atoms with Crippen LogP contribution in [-0.4, -0.2) is 9.97 Å². The van der Waals surface area contributed by atoms with Gasteiger partial charge in [-0.15, -0.1) is 0 Å². The van der Waals surface area contributed by atoms with E-state index in [-0.39, 0.29) is 0 Å². The van der Waals surface area contributed by atoms with E-state index in [1.165, 1.54) is 0 Å². The summed E-state index contributed by atoms with van der Waals surface area (Å²) in [6.07, 6.45) is 0. The second kappa shape index (κ2) is 9.24. The predicted octanol–water partition coefficient (Wildman–Crippen LogP) is 8.43. The van der Waals surface area contributed by atoms with Gasteiger partial charge < -0.3 is 4.90 Å². The minimum Gasteiger partial charge on any atom is -0.310 e. The maximum absolute atomic E-state index is 5.16. The van der Waals surface area contributed by atoms with Crippen LogP contribution < -0.4 is 4.90 Å². The molecule has 0 aliphatic heterocycles. The van der Waals surface area contributed by atoms with Crippen LogP contribution in [0.2, 0.25) is 0 Å². The Morgan fingerprint density at radius 3 is 1.46 bits per heavy atom. The highest BCUT2D eigenvalue weighted by molar-refractivity contribution is 5.93. The topological polar surface area (TPSA) is 29.0 Å². The second-order valence-corrected chi connectivity index (χ2v) is 8.30. The minimum absolute atomic E-state index is 0.863. The van der Waals surface area contributed by atoms with Crippen molar-refractivity contribution >= 4 is 28.1 Å². The number of hydrogen-bond acceptors (Lipinski definition) is 3. The number of anilines is 3. The van der Waals surface area contributed by atoms with E-state index in [2.05, 4.69) is 89.8 Å². The standard InChI is InChI=1S/C32H23N3/c1-4-14-24(15-5-1)31-32(34-29-22-12-11-21-28(29)33-31)27-20-10-13-23-30(27)35(25-16-6-2-7-17-25)26-18-8-3-9-19-26/h1-23H. The van der Waals surface area contributed by atoms with Crippen LogP contribution in [0.25, 0.3) is 33.5 Å². The molecule has 0 saturated carbocycles. The fourth-order valence-corrected chi connectivity index (χ4v) is 4.44. The lowest BCUT2D eigenvalue weighted by Gasteiger charge is -2.28. The van der Waals surface area contributed by atoms with Crippen LogP contribution in [-0.2, 0) is 0 Å². The molecule has 0 atom stereocenters. The van der Waals surface area contributed by atoms with Crippen molar-refractivity contribution in [1.29, 1.82) is 0 Å². The van der Waals surface area contributed by atoms with Crippen molar-refractivity contribution in [1.82, 2.24) is 9.97 Å². The summed E-state index contributed by atoms with van der Waals surface area (Å²) in [5.74, 6) is 0. The Kier molecular flexibility index (Phi) is 5.50. The normalized spacial score (nSPS) is 10.9. The molecule has 0 saturated heterocycles. The van der Waals surface area contributed by atoms with Crippen molar-refractivity contribution < 1.29 is 0 Å². The van der Waals surface area contributed by atoms with Gasteiger partial charge in [-0.25, -0.2) is 9.97 Å². The lowest BCUT2D eigenvalue weighted by atomic mass is 10.0. The number of para-hydroxylation sites is 5. The zero-order valence-electron chi connectivity index (χ0n) is 19.1. The smallest absolute Gasteiger partial charge is 0.0994 e. The lowest BCUT2D eigenvalue weighted by Crippen LogP contribution is -2.11. The SMILES string of the molecule is c1ccc(-c2nc3ccccc3nc2-c2ccccc2N(c2ccccc2)c2ccccc2)cc1. The van der Waals surface area contributed by atoms with Crippen molar-refractivity contribution in [2.75, 3.05) is 4.90 Å². The Morgan fingerprint density at radius 2 is 0.857 bits per heavy atom. The number of fused-ring (bicyclic) bond motifs is 1. The lowest BCUT2D eigenvalue weighted by molar-refractivity contribution is 1.25. The Bertz CT molecular complexity index is 1540. The van der Waals surface area contributed by atoms with Crippen molar-refractivity contribution in [3.05, 3.63) is 140 Å².